The summed E-state index contributed by atoms with van der Waals surface area (Å²) >= 11 is 0. The maximum atomic E-state index is 13.3. The largest absolute Gasteiger partial charge is 0.469 e. The van der Waals surface area contributed by atoms with Gasteiger partial charge in [0.15, 0.2) is 5.78 Å². The van der Waals surface area contributed by atoms with Gasteiger partial charge in [-0.2, -0.15) is 0 Å². The molecule has 0 saturated heterocycles. The number of allylic oxidation sites excluding steroid dienone is 3. The second kappa shape index (κ2) is 11.7. The van der Waals surface area contributed by atoms with Crippen LogP contribution in [0, 0.1) is 0 Å². The number of furan rings is 1. The van der Waals surface area contributed by atoms with Crippen molar-refractivity contribution in [2.24, 2.45) is 0 Å². The summed E-state index contributed by atoms with van der Waals surface area (Å²) in [6.45, 7) is 8.50. The fourth-order valence-electron chi connectivity index (χ4n) is 4.38. The molecule has 6 nitrogen and oxygen atoms in total. The molecule has 1 aromatic heterocycles. The smallest absolute Gasteiger partial charge is 0.336 e. The van der Waals surface area contributed by atoms with Crippen LogP contribution in [0.3, 0.4) is 0 Å². The number of nitrogens with two attached hydrogens (primary N) is 1. The minimum atomic E-state index is -0.501. The third-order valence-electron chi connectivity index (χ3n) is 6.17. The molecule has 1 aliphatic carbocycles. The number of carbonyl (C=O) groups excluding carboxylic acids is 2. The molecule has 0 saturated carbocycles. The standard InChI is InChI=1S/C24H26N2O4.C4H10/c1-3-9-30-24(28)21-14(2)26-18-12-16(20-8-5-10-29-20)13-19(27)23(18)22(21)15-6-4-7-17(25)11-15;1-3-4-2/h4-8,10-11,16,22,26H,3,9,12-13,25H2,1-2H3;3-4H2,1-2H3. The lowest BCUT2D eigenvalue weighted by molar-refractivity contribution is -0.139. The van der Waals surface area contributed by atoms with Crippen molar-refractivity contribution >= 4 is 17.4 Å². The number of rotatable bonds is 6. The number of hydrogen-bond donors (Lipinski definition) is 2. The molecule has 1 aromatic carbocycles. The molecule has 182 valence electrons. The van der Waals surface area contributed by atoms with Gasteiger partial charge < -0.3 is 20.2 Å². The van der Waals surface area contributed by atoms with E-state index in [4.69, 9.17) is 14.9 Å². The predicted molar refractivity (Wildman–Crippen MR) is 134 cm³/mol. The lowest BCUT2D eigenvalue weighted by Crippen LogP contribution is -2.36. The Hall–Kier alpha value is -3.28. The van der Waals surface area contributed by atoms with Crippen molar-refractivity contribution in [3.8, 4) is 0 Å². The lowest BCUT2D eigenvalue weighted by atomic mass is 9.72. The van der Waals surface area contributed by atoms with Gasteiger partial charge in [0.25, 0.3) is 0 Å². The van der Waals surface area contributed by atoms with Crippen LogP contribution < -0.4 is 11.1 Å². The van der Waals surface area contributed by atoms with Gasteiger partial charge in [0.05, 0.1) is 18.4 Å². The Labute approximate surface area is 202 Å². The molecule has 2 atom stereocenters. The van der Waals surface area contributed by atoms with E-state index < -0.39 is 11.9 Å². The Morgan fingerprint density at radius 3 is 2.50 bits per heavy atom. The van der Waals surface area contributed by atoms with Gasteiger partial charge in [0.1, 0.15) is 5.76 Å². The molecule has 34 heavy (non-hydrogen) atoms. The Balaban J connectivity index is 0.000000751. The van der Waals surface area contributed by atoms with Gasteiger partial charge in [-0.3, -0.25) is 4.79 Å². The van der Waals surface area contributed by atoms with Crippen molar-refractivity contribution in [1.29, 1.82) is 0 Å². The average Bonchev–Trinajstić information content (AvgIpc) is 3.37. The van der Waals surface area contributed by atoms with E-state index in [9.17, 15) is 9.59 Å². The van der Waals surface area contributed by atoms with Crippen LogP contribution >= 0.6 is 0 Å². The molecule has 0 spiro atoms. The monoisotopic (exact) mass is 464 g/mol. The Kier molecular flexibility index (Phi) is 8.74. The first-order valence-corrected chi connectivity index (χ1v) is 12.2. The van der Waals surface area contributed by atoms with Crippen LogP contribution in [0.4, 0.5) is 5.69 Å². The first-order chi connectivity index (χ1) is 16.4. The number of dihydropyridines is 1. The topological polar surface area (TPSA) is 94.6 Å². The summed E-state index contributed by atoms with van der Waals surface area (Å²) < 4.78 is 11.0. The van der Waals surface area contributed by atoms with E-state index in [2.05, 4.69) is 19.2 Å². The molecule has 2 aliphatic rings. The lowest BCUT2D eigenvalue weighted by Gasteiger charge is -2.36. The first-order valence-electron chi connectivity index (χ1n) is 12.2. The number of anilines is 1. The molecule has 0 radical (unpaired) electrons. The van der Waals surface area contributed by atoms with Gasteiger partial charge in [-0.1, -0.05) is 45.7 Å². The second-order valence-corrected chi connectivity index (χ2v) is 8.84. The number of esters is 1. The highest BCUT2D eigenvalue weighted by Crippen LogP contribution is 2.46. The third-order valence-corrected chi connectivity index (χ3v) is 6.17. The number of benzene rings is 1. The SMILES string of the molecule is CCCC.CCCOC(=O)C1=C(C)NC2=C(C(=O)CC(c3ccco3)C2)C1c1cccc(N)c1. The van der Waals surface area contributed by atoms with Crippen LogP contribution in [-0.2, 0) is 14.3 Å². The number of hydrogen-bond acceptors (Lipinski definition) is 6. The van der Waals surface area contributed by atoms with Crippen LogP contribution in [0.15, 0.2) is 69.6 Å². The van der Waals surface area contributed by atoms with E-state index in [1.54, 1.807) is 12.3 Å². The predicted octanol–water partition coefficient (Wildman–Crippen LogP) is 5.98. The number of Topliss-reactive ketones (excluding diaryl/α,β-unsaturated/α-hetero) is 1. The van der Waals surface area contributed by atoms with Gasteiger partial charge in [-0.25, -0.2) is 4.79 Å². The molecule has 0 bridgehead atoms. The number of nitrogen functional groups attached to an aromatic ring is 1. The molecule has 2 aromatic rings. The molecule has 2 unspecified atom stereocenters. The Morgan fingerprint density at radius 1 is 1.12 bits per heavy atom. The summed E-state index contributed by atoms with van der Waals surface area (Å²) in [5.74, 6) is -0.125. The van der Waals surface area contributed by atoms with Crippen molar-refractivity contribution in [3.63, 3.8) is 0 Å². The molecule has 6 heteroatoms. The molecule has 1 aliphatic heterocycles. The number of ketones is 1. The fourth-order valence-corrected chi connectivity index (χ4v) is 4.38. The van der Waals surface area contributed by atoms with Crippen LogP contribution in [-0.4, -0.2) is 18.4 Å². The van der Waals surface area contributed by atoms with E-state index in [1.165, 1.54) is 12.8 Å². The Bertz CT molecular complexity index is 1060. The zero-order valence-electron chi connectivity index (χ0n) is 20.6. The van der Waals surface area contributed by atoms with Crippen LogP contribution in [0.5, 0.6) is 0 Å². The third kappa shape index (κ3) is 5.61. The molecule has 2 heterocycles. The summed E-state index contributed by atoms with van der Waals surface area (Å²) in [5, 5.41) is 3.33. The van der Waals surface area contributed by atoms with Crippen molar-refractivity contribution < 1.29 is 18.7 Å². The summed E-state index contributed by atoms with van der Waals surface area (Å²) in [7, 11) is 0. The fraction of sp³-hybridized carbons (Fsp3) is 0.429. The number of carbonyl (C=O) groups is 2. The van der Waals surface area contributed by atoms with Gasteiger partial charge in [0.2, 0.25) is 0 Å². The van der Waals surface area contributed by atoms with E-state index >= 15 is 0 Å². The number of nitrogens with one attached hydrogen (secondary N) is 1. The van der Waals surface area contributed by atoms with Crippen molar-refractivity contribution in [1.82, 2.24) is 5.32 Å². The van der Waals surface area contributed by atoms with Crippen LogP contribution in [0.2, 0.25) is 0 Å². The van der Waals surface area contributed by atoms with E-state index in [-0.39, 0.29) is 11.7 Å². The normalized spacial score (nSPS) is 19.7. The van der Waals surface area contributed by atoms with Gasteiger partial charge in [-0.15, -0.1) is 0 Å². The van der Waals surface area contributed by atoms with E-state index in [0.29, 0.717) is 42.0 Å². The molecule has 3 N–H and O–H groups in total. The molecular formula is C28H36N2O4. The highest BCUT2D eigenvalue weighted by Gasteiger charge is 2.41. The van der Waals surface area contributed by atoms with Crippen molar-refractivity contribution in [2.75, 3.05) is 12.3 Å². The molecule has 4 rings (SSSR count). The van der Waals surface area contributed by atoms with Crippen molar-refractivity contribution in [2.45, 2.75) is 71.6 Å². The Morgan fingerprint density at radius 2 is 1.88 bits per heavy atom. The minimum Gasteiger partial charge on any atom is -0.469 e. The minimum absolute atomic E-state index is 0.00543. The highest BCUT2D eigenvalue weighted by molar-refractivity contribution is 6.04. The zero-order valence-corrected chi connectivity index (χ0v) is 20.6. The second-order valence-electron chi connectivity index (χ2n) is 8.84. The number of unbranched alkanes of at least 4 members (excludes halogenated alkanes) is 1. The zero-order chi connectivity index (χ0) is 24.7. The van der Waals surface area contributed by atoms with Gasteiger partial charge in [-0.05, 0) is 49.6 Å². The molecule has 0 fully saturated rings. The summed E-state index contributed by atoms with van der Waals surface area (Å²) in [4.78, 5) is 26.3. The summed E-state index contributed by atoms with van der Waals surface area (Å²) in [6, 6.07) is 11.1. The van der Waals surface area contributed by atoms with Crippen molar-refractivity contribution in [3.05, 3.63) is 76.5 Å². The summed E-state index contributed by atoms with van der Waals surface area (Å²) in [6.07, 6.45) is 5.97. The molecular weight excluding hydrogens is 428 g/mol. The summed E-state index contributed by atoms with van der Waals surface area (Å²) in [5.41, 5.74) is 10.1. The van der Waals surface area contributed by atoms with E-state index in [0.717, 1.165) is 23.4 Å². The highest BCUT2D eigenvalue weighted by atomic mass is 16.5. The number of ether oxygens (including phenoxy) is 1. The van der Waals surface area contributed by atoms with Crippen LogP contribution in [0.1, 0.15) is 83.0 Å². The quantitative estimate of drug-likeness (QED) is 0.403. The van der Waals surface area contributed by atoms with E-state index in [1.807, 2.05) is 44.2 Å². The maximum Gasteiger partial charge on any atom is 0.336 e. The average molecular weight is 465 g/mol. The molecule has 0 amide bonds. The van der Waals surface area contributed by atoms with Gasteiger partial charge >= 0.3 is 5.97 Å². The van der Waals surface area contributed by atoms with Gasteiger partial charge in [0, 0.05) is 40.9 Å². The van der Waals surface area contributed by atoms with Crippen LogP contribution in [0.25, 0.3) is 0 Å². The maximum absolute atomic E-state index is 13.3. The first kappa shape index (κ1) is 25.3.